The first-order valence-electron chi connectivity index (χ1n) is 11.7. The molecule has 186 valence electrons. The Labute approximate surface area is 209 Å². The van der Waals surface area contributed by atoms with E-state index in [0.29, 0.717) is 17.4 Å². The summed E-state index contributed by atoms with van der Waals surface area (Å²) < 4.78 is 5.19. The Morgan fingerprint density at radius 1 is 1.06 bits per heavy atom. The molecule has 1 atom stereocenters. The quantitative estimate of drug-likeness (QED) is 0.392. The highest BCUT2D eigenvalue weighted by atomic mass is 32.1. The van der Waals surface area contributed by atoms with E-state index in [4.69, 9.17) is 4.42 Å². The van der Waals surface area contributed by atoms with Gasteiger partial charge in [0.2, 0.25) is 11.8 Å². The molecule has 3 amide bonds. The maximum atomic E-state index is 12.7. The molecule has 9 heteroatoms. The second kappa shape index (κ2) is 12.9. The van der Waals surface area contributed by atoms with E-state index in [1.165, 1.54) is 28.1 Å². The van der Waals surface area contributed by atoms with Crippen molar-refractivity contribution in [3.05, 3.63) is 71.1 Å². The van der Waals surface area contributed by atoms with Gasteiger partial charge in [0.15, 0.2) is 10.9 Å². The van der Waals surface area contributed by atoms with Crippen molar-refractivity contribution in [1.82, 2.24) is 15.2 Å². The third-order valence-electron chi connectivity index (χ3n) is 5.20. The van der Waals surface area contributed by atoms with Crippen LogP contribution in [-0.2, 0) is 22.4 Å². The largest absolute Gasteiger partial charge is 0.459 e. The summed E-state index contributed by atoms with van der Waals surface area (Å²) in [5.41, 5.74) is 1.83. The number of aromatic nitrogens is 1. The van der Waals surface area contributed by atoms with E-state index in [9.17, 15) is 14.4 Å². The number of carbonyl (C=O) groups is 3. The van der Waals surface area contributed by atoms with Crippen molar-refractivity contribution in [1.29, 1.82) is 0 Å². The average molecular weight is 497 g/mol. The minimum absolute atomic E-state index is 0.0409. The van der Waals surface area contributed by atoms with Crippen LogP contribution < -0.4 is 10.6 Å². The van der Waals surface area contributed by atoms with Gasteiger partial charge in [0.05, 0.1) is 18.4 Å². The van der Waals surface area contributed by atoms with Crippen LogP contribution in [-0.4, -0.2) is 46.7 Å². The number of anilines is 1. The van der Waals surface area contributed by atoms with E-state index in [2.05, 4.69) is 27.8 Å². The first-order chi connectivity index (χ1) is 16.8. The van der Waals surface area contributed by atoms with Gasteiger partial charge in [0, 0.05) is 18.0 Å². The van der Waals surface area contributed by atoms with Gasteiger partial charge in [-0.1, -0.05) is 44.2 Å². The molecule has 0 bridgehead atoms. The molecule has 8 nitrogen and oxygen atoms in total. The molecule has 3 aromatic rings. The molecule has 35 heavy (non-hydrogen) atoms. The predicted molar refractivity (Wildman–Crippen MR) is 136 cm³/mol. The molecule has 2 aromatic heterocycles. The van der Waals surface area contributed by atoms with Gasteiger partial charge < -0.3 is 20.0 Å². The highest BCUT2D eigenvalue weighted by Crippen LogP contribution is 2.17. The Balaban J connectivity index is 1.47. The molecule has 0 saturated heterocycles. The number of aryl methyl sites for hydroxylation is 1. The Morgan fingerprint density at radius 3 is 2.51 bits per heavy atom. The summed E-state index contributed by atoms with van der Waals surface area (Å²) in [4.78, 5) is 43.5. The van der Waals surface area contributed by atoms with Crippen LogP contribution in [0.4, 0.5) is 5.13 Å². The van der Waals surface area contributed by atoms with Gasteiger partial charge >= 0.3 is 0 Å². The minimum Gasteiger partial charge on any atom is -0.459 e. The molecule has 0 spiro atoms. The van der Waals surface area contributed by atoms with Gasteiger partial charge in [-0.25, -0.2) is 4.98 Å². The maximum absolute atomic E-state index is 12.7. The molecular weight excluding hydrogens is 464 g/mol. The maximum Gasteiger partial charge on any atom is 0.290 e. The number of carbonyl (C=O) groups excluding carboxylic acids is 3. The molecule has 2 heterocycles. The first-order valence-corrected chi connectivity index (χ1v) is 12.6. The van der Waals surface area contributed by atoms with E-state index < -0.39 is 0 Å². The molecule has 3 rings (SSSR count). The fourth-order valence-electron chi connectivity index (χ4n) is 3.58. The number of hydrogen-bond donors (Lipinski definition) is 2. The number of rotatable bonds is 12. The van der Waals surface area contributed by atoms with Gasteiger partial charge in [-0.15, -0.1) is 11.3 Å². The lowest BCUT2D eigenvalue weighted by Crippen LogP contribution is -2.40. The fourth-order valence-corrected chi connectivity index (χ4v) is 4.31. The zero-order chi connectivity index (χ0) is 25.2. The molecule has 0 radical (unpaired) electrons. The highest BCUT2D eigenvalue weighted by molar-refractivity contribution is 7.13. The molecular formula is C26H32N4O4S. The molecule has 1 unspecified atom stereocenters. The molecule has 0 aliphatic heterocycles. The summed E-state index contributed by atoms with van der Waals surface area (Å²) in [6.45, 7) is 6.23. The van der Waals surface area contributed by atoms with Crippen molar-refractivity contribution in [2.75, 3.05) is 18.4 Å². The second-order valence-electron chi connectivity index (χ2n) is 8.92. The van der Waals surface area contributed by atoms with Crippen LogP contribution in [0, 0.1) is 5.92 Å². The van der Waals surface area contributed by atoms with Crippen molar-refractivity contribution in [3.63, 3.8) is 0 Å². The number of thiazole rings is 1. The van der Waals surface area contributed by atoms with E-state index >= 15 is 0 Å². The Bertz CT molecular complexity index is 1100. The Morgan fingerprint density at radius 2 is 1.83 bits per heavy atom. The van der Waals surface area contributed by atoms with E-state index in [1.54, 1.807) is 17.5 Å². The van der Waals surface area contributed by atoms with Gasteiger partial charge in [-0.2, -0.15) is 0 Å². The summed E-state index contributed by atoms with van der Waals surface area (Å²) in [5.74, 6) is -0.427. The molecule has 0 saturated carbocycles. The third-order valence-corrected chi connectivity index (χ3v) is 6.00. The highest BCUT2D eigenvalue weighted by Gasteiger charge is 2.22. The van der Waals surface area contributed by atoms with Gasteiger partial charge in [0.25, 0.3) is 5.91 Å². The number of benzene rings is 1. The number of nitrogens with zero attached hydrogens (tertiary/aromatic N) is 2. The van der Waals surface area contributed by atoms with Crippen LogP contribution in [0.25, 0.3) is 0 Å². The fraction of sp³-hybridized carbons (Fsp3) is 0.385. The van der Waals surface area contributed by atoms with E-state index in [1.807, 2.05) is 39.0 Å². The summed E-state index contributed by atoms with van der Waals surface area (Å²) in [6, 6.07) is 13.4. The number of hydrogen-bond acceptors (Lipinski definition) is 6. The molecule has 0 aliphatic rings. The standard InChI is InChI=1S/C26H32N4O4S/c1-18(2)15-30(25(33)22-10-7-13-34-22)16-24(32)29-26-28-21(17-35-26)14-23(31)27-19(3)11-12-20-8-5-4-6-9-20/h4-10,13,17-19H,11-12,14-16H2,1-3H3,(H,27,31)(H,28,29,32). The van der Waals surface area contributed by atoms with Crippen molar-refractivity contribution >= 4 is 34.2 Å². The Hall–Kier alpha value is -3.46. The lowest BCUT2D eigenvalue weighted by atomic mass is 10.1. The average Bonchev–Trinajstić information content (AvgIpc) is 3.49. The van der Waals surface area contributed by atoms with Crippen molar-refractivity contribution in [2.24, 2.45) is 5.92 Å². The van der Waals surface area contributed by atoms with E-state index in [-0.39, 0.29) is 48.4 Å². The summed E-state index contributed by atoms with van der Waals surface area (Å²) in [7, 11) is 0. The van der Waals surface area contributed by atoms with Crippen molar-refractivity contribution < 1.29 is 18.8 Å². The molecule has 2 N–H and O–H groups in total. The first kappa shape index (κ1) is 26.2. The van der Waals surface area contributed by atoms with Crippen LogP contribution in [0.3, 0.4) is 0 Å². The summed E-state index contributed by atoms with van der Waals surface area (Å²) in [6.07, 6.45) is 3.31. The van der Waals surface area contributed by atoms with Gasteiger partial charge in [-0.05, 0) is 43.4 Å². The zero-order valence-electron chi connectivity index (χ0n) is 20.3. The molecule has 0 fully saturated rings. The van der Waals surface area contributed by atoms with E-state index in [0.717, 1.165) is 12.8 Å². The molecule has 1 aromatic carbocycles. The monoisotopic (exact) mass is 496 g/mol. The van der Waals surface area contributed by atoms with Crippen LogP contribution in [0.2, 0.25) is 0 Å². The third kappa shape index (κ3) is 8.68. The van der Waals surface area contributed by atoms with Crippen LogP contribution in [0.5, 0.6) is 0 Å². The second-order valence-corrected chi connectivity index (χ2v) is 9.78. The summed E-state index contributed by atoms with van der Waals surface area (Å²) in [5, 5.41) is 7.88. The smallest absolute Gasteiger partial charge is 0.290 e. The lowest BCUT2D eigenvalue weighted by molar-refractivity contribution is -0.121. The number of amides is 3. The van der Waals surface area contributed by atoms with Crippen molar-refractivity contribution in [3.8, 4) is 0 Å². The van der Waals surface area contributed by atoms with Crippen molar-refractivity contribution in [2.45, 2.75) is 46.1 Å². The zero-order valence-corrected chi connectivity index (χ0v) is 21.1. The van der Waals surface area contributed by atoms with Gasteiger partial charge in [-0.3, -0.25) is 14.4 Å². The van der Waals surface area contributed by atoms with Crippen LogP contribution in [0.1, 0.15) is 49.0 Å². The normalized spacial score (nSPS) is 11.8. The van der Waals surface area contributed by atoms with Crippen LogP contribution >= 0.6 is 11.3 Å². The SMILES string of the molecule is CC(C)CN(CC(=O)Nc1nc(CC(=O)NC(C)CCc2ccccc2)cs1)C(=O)c1ccco1. The number of furan rings is 1. The number of nitrogens with one attached hydrogen (secondary N) is 2. The summed E-state index contributed by atoms with van der Waals surface area (Å²) >= 11 is 1.25. The molecule has 0 aliphatic carbocycles. The Kier molecular flexibility index (Phi) is 9.60. The minimum atomic E-state index is -0.356. The van der Waals surface area contributed by atoms with Crippen LogP contribution in [0.15, 0.2) is 58.5 Å². The van der Waals surface area contributed by atoms with Gasteiger partial charge in [0.1, 0.15) is 6.54 Å². The lowest BCUT2D eigenvalue weighted by Gasteiger charge is -2.22. The predicted octanol–water partition coefficient (Wildman–Crippen LogP) is 4.15. The topological polar surface area (TPSA) is 105 Å².